The second-order valence-corrected chi connectivity index (χ2v) is 18.4. The number of hydrogen-bond acceptors (Lipinski definition) is 2. The zero-order valence-electron chi connectivity index (χ0n) is 38.2. The van der Waals surface area contributed by atoms with Crippen molar-refractivity contribution in [1.29, 1.82) is 0 Å². The standard InChI is InChI=1S/C67H44N2O/c1-3-17-48(18-4-1)67(49-19-5-2-6-20-49)60-26-12-7-22-54(60)55-41-39-52(44-61(55)67)68(51-40-42-66-59(43-51)58-25-11-16-30-65(58)70-66)50-37-35-46(36-38-50)45-31-33-47(34-32-45)53-21-8-13-27-62(53)69-63-28-14-9-23-56(63)57-24-10-15-29-64(57)69/h1-44H. The average molecular weight is 893 g/mol. The van der Waals surface area contributed by atoms with Gasteiger partial charge in [-0.05, 0) is 117 Å². The van der Waals surface area contributed by atoms with Gasteiger partial charge in [0.15, 0.2) is 0 Å². The lowest BCUT2D eigenvalue weighted by molar-refractivity contribution is 0.669. The van der Waals surface area contributed by atoms with Gasteiger partial charge in [0.05, 0.1) is 22.1 Å². The second kappa shape index (κ2) is 16.0. The van der Waals surface area contributed by atoms with Crippen molar-refractivity contribution in [1.82, 2.24) is 4.57 Å². The summed E-state index contributed by atoms with van der Waals surface area (Å²) in [6.45, 7) is 0. The third-order valence-electron chi connectivity index (χ3n) is 14.7. The van der Waals surface area contributed by atoms with E-state index in [4.69, 9.17) is 4.42 Å². The van der Waals surface area contributed by atoms with Gasteiger partial charge < -0.3 is 13.9 Å². The molecule has 0 saturated heterocycles. The van der Waals surface area contributed by atoms with Crippen molar-refractivity contribution in [3.8, 4) is 39.1 Å². The highest BCUT2D eigenvalue weighted by Crippen LogP contribution is 2.57. The molecule has 2 aromatic heterocycles. The van der Waals surface area contributed by atoms with Crippen LogP contribution in [0.15, 0.2) is 271 Å². The molecule has 0 aliphatic heterocycles. The highest BCUT2D eigenvalue weighted by Gasteiger charge is 2.46. The normalized spacial score (nSPS) is 12.7. The molecule has 14 rings (SSSR count). The molecule has 3 nitrogen and oxygen atoms in total. The van der Waals surface area contributed by atoms with Crippen LogP contribution in [0.1, 0.15) is 22.3 Å². The predicted molar refractivity (Wildman–Crippen MR) is 291 cm³/mol. The first-order chi connectivity index (χ1) is 34.7. The summed E-state index contributed by atoms with van der Waals surface area (Å²) in [7, 11) is 0. The van der Waals surface area contributed by atoms with Crippen LogP contribution in [0.25, 0.3) is 82.8 Å². The van der Waals surface area contributed by atoms with Crippen molar-refractivity contribution < 1.29 is 4.42 Å². The maximum atomic E-state index is 6.36. The first-order valence-electron chi connectivity index (χ1n) is 24.1. The number of fused-ring (bicyclic) bond motifs is 9. The quantitative estimate of drug-likeness (QED) is 0.152. The molecule has 3 heteroatoms. The van der Waals surface area contributed by atoms with E-state index in [0.717, 1.165) is 50.1 Å². The monoisotopic (exact) mass is 892 g/mol. The summed E-state index contributed by atoms with van der Waals surface area (Å²) in [5, 5.41) is 4.71. The molecule has 0 N–H and O–H groups in total. The van der Waals surface area contributed by atoms with Crippen LogP contribution in [-0.4, -0.2) is 4.57 Å². The Morgan fingerprint density at radius 2 is 0.800 bits per heavy atom. The molecular weight excluding hydrogens is 849 g/mol. The van der Waals surface area contributed by atoms with Gasteiger partial charge in [-0.25, -0.2) is 0 Å². The van der Waals surface area contributed by atoms with E-state index in [-0.39, 0.29) is 0 Å². The predicted octanol–water partition coefficient (Wildman–Crippen LogP) is 17.8. The first kappa shape index (κ1) is 39.9. The molecule has 0 amide bonds. The zero-order valence-corrected chi connectivity index (χ0v) is 38.2. The van der Waals surface area contributed by atoms with E-state index in [1.807, 2.05) is 12.1 Å². The minimum absolute atomic E-state index is 0.527. The number of aromatic nitrogens is 1. The highest BCUT2D eigenvalue weighted by molar-refractivity contribution is 6.10. The molecule has 0 spiro atoms. The van der Waals surface area contributed by atoms with Gasteiger partial charge in [-0.1, -0.05) is 200 Å². The number of para-hydroxylation sites is 4. The molecule has 0 saturated carbocycles. The Morgan fingerprint density at radius 3 is 1.50 bits per heavy atom. The number of anilines is 3. The molecule has 2 heterocycles. The van der Waals surface area contributed by atoms with Crippen LogP contribution in [0.5, 0.6) is 0 Å². The fraction of sp³-hybridized carbons (Fsp3) is 0.0149. The third kappa shape index (κ3) is 6.08. The molecule has 11 aromatic carbocycles. The van der Waals surface area contributed by atoms with Gasteiger partial charge in [-0.3, -0.25) is 0 Å². The fourth-order valence-corrected chi connectivity index (χ4v) is 11.6. The number of rotatable bonds is 8. The SMILES string of the molecule is c1ccc(C2(c3ccccc3)c3ccccc3-c3ccc(N(c4ccc(-c5ccc(-c6ccccc6-n6c7ccccc7c7ccccc76)cc5)cc4)c4ccc5oc6ccccc6c5c4)cc32)cc1. The average Bonchev–Trinajstić information content (AvgIpc) is 4.08. The van der Waals surface area contributed by atoms with Gasteiger partial charge in [-0.2, -0.15) is 0 Å². The highest BCUT2D eigenvalue weighted by atomic mass is 16.3. The summed E-state index contributed by atoms with van der Waals surface area (Å²) in [6.07, 6.45) is 0. The summed E-state index contributed by atoms with van der Waals surface area (Å²) < 4.78 is 8.77. The van der Waals surface area contributed by atoms with Crippen molar-refractivity contribution in [2.24, 2.45) is 0 Å². The lowest BCUT2D eigenvalue weighted by Gasteiger charge is -2.35. The van der Waals surface area contributed by atoms with E-state index in [0.29, 0.717) is 0 Å². The van der Waals surface area contributed by atoms with Gasteiger partial charge >= 0.3 is 0 Å². The Bertz CT molecular complexity index is 4020. The maximum absolute atomic E-state index is 6.36. The van der Waals surface area contributed by atoms with Crippen LogP contribution in [-0.2, 0) is 5.41 Å². The van der Waals surface area contributed by atoms with Crippen LogP contribution >= 0.6 is 0 Å². The van der Waals surface area contributed by atoms with Gasteiger partial charge in [-0.15, -0.1) is 0 Å². The van der Waals surface area contributed by atoms with Gasteiger partial charge in [0.1, 0.15) is 11.2 Å². The molecule has 0 atom stereocenters. The molecule has 0 fully saturated rings. The van der Waals surface area contributed by atoms with Gasteiger partial charge in [0.2, 0.25) is 0 Å². The molecule has 0 unspecified atom stereocenters. The van der Waals surface area contributed by atoms with Gasteiger partial charge in [0.25, 0.3) is 0 Å². The number of nitrogens with zero attached hydrogens (tertiary/aromatic N) is 2. The van der Waals surface area contributed by atoms with E-state index in [9.17, 15) is 0 Å². The lowest BCUT2D eigenvalue weighted by Crippen LogP contribution is -2.28. The molecule has 0 radical (unpaired) electrons. The summed E-state index contributed by atoms with van der Waals surface area (Å²) in [5.41, 5.74) is 20.2. The van der Waals surface area contributed by atoms with Crippen molar-refractivity contribution in [2.45, 2.75) is 5.41 Å². The lowest BCUT2D eigenvalue weighted by atomic mass is 9.67. The van der Waals surface area contributed by atoms with Crippen molar-refractivity contribution >= 4 is 60.8 Å². The molecule has 0 bridgehead atoms. The smallest absolute Gasteiger partial charge is 0.135 e. The number of benzene rings is 11. The topological polar surface area (TPSA) is 21.3 Å². The largest absolute Gasteiger partial charge is 0.456 e. The molecule has 1 aliphatic carbocycles. The van der Waals surface area contributed by atoms with E-state index < -0.39 is 5.41 Å². The van der Waals surface area contributed by atoms with Crippen LogP contribution in [0, 0.1) is 0 Å². The minimum atomic E-state index is -0.527. The van der Waals surface area contributed by atoms with Crippen molar-refractivity contribution in [3.63, 3.8) is 0 Å². The fourth-order valence-electron chi connectivity index (χ4n) is 11.6. The van der Waals surface area contributed by atoms with E-state index in [1.54, 1.807) is 0 Å². The Morgan fingerprint density at radius 1 is 0.314 bits per heavy atom. The van der Waals surface area contributed by atoms with E-state index in [2.05, 4.69) is 264 Å². The second-order valence-electron chi connectivity index (χ2n) is 18.4. The Kier molecular flexibility index (Phi) is 9.11. The minimum Gasteiger partial charge on any atom is -0.456 e. The van der Waals surface area contributed by atoms with E-state index >= 15 is 0 Å². The van der Waals surface area contributed by atoms with E-state index in [1.165, 1.54) is 72.0 Å². The summed E-state index contributed by atoms with van der Waals surface area (Å²) in [5.74, 6) is 0. The third-order valence-corrected chi connectivity index (χ3v) is 14.7. The van der Waals surface area contributed by atoms with Gasteiger partial charge in [0, 0.05) is 44.2 Å². The molecular formula is C67H44N2O. The Hall–Kier alpha value is -9.18. The first-order valence-corrected chi connectivity index (χ1v) is 24.1. The summed E-state index contributed by atoms with van der Waals surface area (Å²) >= 11 is 0. The molecule has 70 heavy (non-hydrogen) atoms. The van der Waals surface area contributed by atoms with Crippen LogP contribution in [0.3, 0.4) is 0 Å². The Labute approximate surface area is 406 Å². The number of hydrogen-bond donors (Lipinski definition) is 0. The summed E-state index contributed by atoms with van der Waals surface area (Å²) in [6, 6.07) is 97.3. The number of furan rings is 1. The van der Waals surface area contributed by atoms with Crippen LogP contribution < -0.4 is 4.90 Å². The van der Waals surface area contributed by atoms with Crippen LogP contribution in [0.4, 0.5) is 17.1 Å². The van der Waals surface area contributed by atoms with Crippen molar-refractivity contribution in [2.75, 3.05) is 4.90 Å². The van der Waals surface area contributed by atoms with Crippen LogP contribution in [0.2, 0.25) is 0 Å². The summed E-state index contributed by atoms with van der Waals surface area (Å²) in [4.78, 5) is 2.41. The maximum Gasteiger partial charge on any atom is 0.135 e. The molecule has 13 aromatic rings. The van der Waals surface area contributed by atoms with Crippen molar-refractivity contribution in [3.05, 3.63) is 289 Å². The molecule has 328 valence electrons. The Balaban J connectivity index is 0.891. The zero-order chi connectivity index (χ0) is 46.2. The molecule has 1 aliphatic rings.